The van der Waals surface area contributed by atoms with Gasteiger partial charge < -0.3 is 10.6 Å². The van der Waals surface area contributed by atoms with Crippen molar-refractivity contribution < 1.29 is 14.4 Å². The molecule has 1 atom stereocenters. The van der Waals surface area contributed by atoms with Crippen LogP contribution in [0.5, 0.6) is 0 Å². The van der Waals surface area contributed by atoms with E-state index in [1.807, 2.05) is 37.3 Å². The van der Waals surface area contributed by atoms with Crippen molar-refractivity contribution in [3.63, 3.8) is 0 Å². The van der Waals surface area contributed by atoms with Gasteiger partial charge in [0.15, 0.2) is 0 Å². The Morgan fingerprint density at radius 3 is 2.85 bits per heavy atom. The van der Waals surface area contributed by atoms with E-state index in [1.54, 1.807) is 12.3 Å². The molecule has 1 unspecified atom stereocenters. The highest BCUT2D eigenvalue weighted by Gasteiger charge is 2.55. The van der Waals surface area contributed by atoms with E-state index in [9.17, 15) is 14.4 Å². The van der Waals surface area contributed by atoms with E-state index in [0.717, 1.165) is 28.0 Å². The molecule has 0 radical (unpaired) electrons. The number of urea groups is 1. The van der Waals surface area contributed by atoms with E-state index in [2.05, 4.69) is 15.6 Å². The second-order valence-electron chi connectivity index (χ2n) is 6.65. The minimum Gasteiger partial charge on any atom is -0.319 e. The third-order valence-corrected chi connectivity index (χ3v) is 4.90. The molecule has 7 nitrogen and oxygen atoms in total. The van der Waals surface area contributed by atoms with Crippen LogP contribution in [0.1, 0.15) is 23.1 Å². The molecule has 1 spiro atoms. The zero-order valence-electron chi connectivity index (χ0n) is 14.3. The molecule has 132 valence electrons. The monoisotopic (exact) mass is 350 g/mol. The van der Waals surface area contributed by atoms with Crippen molar-refractivity contribution in [1.82, 2.24) is 15.2 Å². The summed E-state index contributed by atoms with van der Waals surface area (Å²) in [6, 6.07) is 10.5. The topological polar surface area (TPSA) is 91.4 Å². The Hall–Kier alpha value is -3.22. The van der Waals surface area contributed by atoms with Gasteiger partial charge in [-0.2, -0.15) is 0 Å². The molecule has 4 amide bonds. The second kappa shape index (κ2) is 5.94. The number of benzene rings is 1. The zero-order chi connectivity index (χ0) is 18.3. The maximum Gasteiger partial charge on any atom is 0.325 e. The molecule has 0 bridgehead atoms. The van der Waals surface area contributed by atoms with Crippen molar-refractivity contribution in [3.8, 4) is 0 Å². The average molecular weight is 350 g/mol. The molecule has 1 aliphatic carbocycles. The molecule has 1 aromatic carbocycles. The fourth-order valence-electron chi connectivity index (χ4n) is 3.60. The molecular formula is C19H18N4O3. The van der Waals surface area contributed by atoms with Crippen LogP contribution in [0.2, 0.25) is 0 Å². The van der Waals surface area contributed by atoms with Gasteiger partial charge in [0.1, 0.15) is 17.9 Å². The Balaban J connectivity index is 1.52. The van der Waals surface area contributed by atoms with Crippen LogP contribution in [-0.2, 0) is 21.5 Å². The molecule has 1 saturated heterocycles. The van der Waals surface area contributed by atoms with E-state index in [4.69, 9.17) is 0 Å². The van der Waals surface area contributed by atoms with E-state index < -0.39 is 17.5 Å². The number of nitrogens with one attached hydrogen (secondary N) is 2. The minimum atomic E-state index is -1.05. The number of pyridine rings is 1. The number of anilines is 1. The number of rotatable bonds is 3. The van der Waals surface area contributed by atoms with Crippen LogP contribution in [0.3, 0.4) is 0 Å². The molecule has 26 heavy (non-hydrogen) atoms. The van der Waals surface area contributed by atoms with Gasteiger partial charge in [-0.1, -0.05) is 30.3 Å². The minimum absolute atomic E-state index is 0.343. The van der Waals surface area contributed by atoms with Gasteiger partial charge >= 0.3 is 6.03 Å². The third kappa shape index (κ3) is 2.52. The Kier molecular flexibility index (Phi) is 3.72. The fourth-order valence-corrected chi connectivity index (χ4v) is 3.60. The van der Waals surface area contributed by atoms with Gasteiger partial charge in [0.25, 0.3) is 5.91 Å². The van der Waals surface area contributed by atoms with E-state index >= 15 is 0 Å². The molecule has 2 aliphatic rings. The average Bonchev–Trinajstić information content (AvgIpc) is 3.11. The summed E-state index contributed by atoms with van der Waals surface area (Å²) in [5.41, 5.74) is 1.80. The molecule has 2 N–H and O–H groups in total. The van der Waals surface area contributed by atoms with E-state index in [1.165, 1.54) is 0 Å². The first-order valence-corrected chi connectivity index (χ1v) is 8.44. The van der Waals surface area contributed by atoms with Gasteiger partial charge in [0, 0.05) is 6.20 Å². The summed E-state index contributed by atoms with van der Waals surface area (Å²) in [6.07, 6.45) is 2.86. The van der Waals surface area contributed by atoms with Crippen molar-refractivity contribution in [3.05, 3.63) is 59.3 Å². The van der Waals surface area contributed by atoms with Crippen LogP contribution in [0.25, 0.3) is 0 Å². The Morgan fingerprint density at radius 2 is 2.08 bits per heavy atom. The smallest absolute Gasteiger partial charge is 0.319 e. The molecule has 1 aromatic heterocycles. The molecular weight excluding hydrogens is 332 g/mol. The van der Waals surface area contributed by atoms with Gasteiger partial charge in [-0.15, -0.1) is 0 Å². The first-order valence-electron chi connectivity index (χ1n) is 8.44. The van der Waals surface area contributed by atoms with Crippen molar-refractivity contribution >= 4 is 23.7 Å². The van der Waals surface area contributed by atoms with Gasteiger partial charge in [0.2, 0.25) is 5.91 Å². The highest BCUT2D eigenvalue weighted by atomic mass is 16.2. The summed E-state index contributed by atoms with van der Waals surface area (Å²) in [4.78, 5) is 42.7. The lowest BCUT2D eigenvalue weighted by atomic mass is 9.92. The predicted octanol–water partition coefficient (Wildman–Crippen LogP) is 1.72. The number of nitrogens with zero attached hydrogens (tertiary/aromatic N) is 2. The molecule has 1 fully saturated rings. The number of aryl methyl sites for hydroxylation is 2. The molecule has 2 aromatic rings. The van der Waals surface area contributed by atoms with Crippen molar-refractivity contribution in [2.24, 2.45) is 0 Å². The maximum absolute atomic E-state index is 13.0. The van der Waals surface area contributed by atoms with Crippen molar-refractivity contribution in [2.75, 3.05) is 11.9 Å². The second-order valence-corrected chi connectivity index (χ2v) is 6.65. The summed E-state index contributed by atoms with van der Waals surface area (Å²) in [7, 11) is 0. The number of hydrogen-bond acceptors (Lipinski definition) is 4. The largest absolute Gasteiger partial charge is 0.325 e. The van der Waals surface area contributed by atoms with Crippen LogP contribution < -0.4 is 10.6 Å². The third-order valence-electron chi connectivity index (χ3n) is 4.90. The zero-order valence-corrected chi connectivity index (χ0v) is 14.3. The Labute approximate surface area is 150 Å². The molecule has 7 heteroatoms. The number of carbonyl (C=O) groups excluding carboxylic acids is 3. The van der Waals surface area contributed by atoms with Crippen molar-refractivity contribution in [2.45, 2.75) is 25.3 Å². The predicted molar refractivity (Wildman–Crippen MR) is 94.3 cm³/mol. The molecule has 0 saturated carbocycles. The first-order chi connectivity index (χ1) is 12.5. The summed E-state index contributed by atoms with van der Waals surface area (Å²) >= 11 is 0. The number of fused-ring (bicyclic) bond motifs is 2. The Bertz CT molecular complexity index is 909. The van der Waals surface area contributed by atoms with Gasteiger partial charge in [-0.25, -0.2) is 9.78 Å². The van der Waals surface area contributed by atoms with Crippen LogP contribution in [-0.4, -0.2) is 34.3 Å². The van der Waals surface area contributed by atoms with Crippen LogP contribution in [0.4, 0.5) is 10.6 Å². The summed E-state index contributed by atoms with van der Waals surface area (Å²) in [5, 5.41) is 5.42. The lowest BCUT2D eigenvalue weighted by Crippen LogP contribution is -2.43. The highest BCUT2D eigenvalue weighted by molar-refractivity contribution is 6.10. The lowest BCUT2D eigenvalue weighted by Gasteiger charge is -2.22. The number of aromatic nitrogens is 1. The highest BCUT2D eigenvalue weighted by Crippen LogP contribution is 2.41. The van der Waals surface area contributed by atoms with Gasteiger partial charge in [0.05, 0.1) is 0 Å². The van der Waals surface area contributed by atoms with E-state index in [-0.39, 0.29) is 12.5 Å². The Morgan fingerprint density at radius 1 is 1.27 bits per heavy atom. The number of imide groups is 1. The normalized spacial score (nSPS) is 21.0. The summed E-state index contributed by atoms with van der Waals surface area (Å²) < 4.78 is 0. The van der Waals surface area contributed by atoms with Gasteiger partial charge in [-0.05, 0) is 42.5 Å². The number of carbonyl (C=O) groups is 3. The van der Waals surface area contributed by atoms with Crippen LogP contribution in [0.15, 0.2) is 42.6 Å². The summed E-state index contributed by atoms with van der Waals surface area (Å²) in [6.45, 7) is 1.55. The molecule has 1 aliphatic heterocycles. The fraction of sp³-hybridized carbons (Fsp3) is 0.263. The van der Waals surface area contributed by atoms with Crippen LogP contribution in [0, 0.1) is 6.92 Å². The van der Waals surface area contributed by atoms with Gasteiger partial charge in [-0.3, -0.25) is 14.5 Å². The lowest BCUT2D eigenvalue weighted by molar-refractivity contribution is -0.134. The SMILES string of the molecule is Cc1ccc(NC(=O)CN2C(=O)NC3(CCc4ccccc43)C2=O)nc1. The molecule has 4 rings (SSSR count). The van der Waals surface area contributed by atoms with E-state index in [0.29, 0.717) is 12.2 Å². The number of amides is 4. The molecule has 2 heterocycles. The quantitative estimate of drug-likeness (QED) is 0.825. The first kappa shape index (κ1) is 16.3. The standard InChI is InChI=1S/C19H18N4O3/c1-12-6-7-15(20-10-12)21-16(24)11-23-17(25)19(22-18(23)26)9-8-13-4-2-3-5-14(13)19/h2-7,10H,8-9,11H2,1H3,(H,22,26)(H,20,21,24). The summed E-state index contributed by atoms with van der Waals surface area (Å²) in [5.74, 6) is -0.457. The van der Waals surface area contributed by atoms with Crippen LogP contribution >= 0.6 is 0 Å². The van der Waals surface area contributed by atoms with Crippen molar-refractivity contribution in [1.29, 1.82) is 0 Å². The number of hydrogen-bond donors (Lipinski definition) is 2. The maximum atomic E-state index is 13.0.